The SMILES string of the molecule is CN(Cc1cccc(NN)n1)CC1CCCCO1. The van der Waals surface area contributed by atoms with E-state index in [0.29, 0.717) is 11.9 Å². The minimum Gasteiger partial charge on any atom is -0.377 e. The molecule has 1 unspecified atom stereocenters. The Morgan fingerprint density at radius 2 is 2.39 bits per heavy atom. The normalized spacial score (nSPS) is 20.1. The maximum Gasteiger partial charge on any atom is 0.140 e. The van der Waals surface area contributed by atoms with E-state index in [-0.39, 0.29) is 0 Å². The van der Waals surface area contributed by atoms with Crippen molar-refractivity contribution in [3.05, 3.63) is 23.9 Å². The zero-order valence-corrected chi connectivity index (χ0v) is 10.9. The molecule has 0 amide bonds. The average Bonchev–Trinajstić information content (AvgIpc) is 2.40. The maximum absolute atomic E-state index is 5.74. The van der Waals surface area contributed by atoms with Gasteiger partial charge in [-0.15, -0.1) is 0 Å². The first-order valence-corrected chi connectivity index (χ1v) is 6.50. The van der Waals surface area contributed by atoms with Gasteiger partial charge in [-0.3, -0.25) is 4.90 Å². The molecule has 1 atom stereocenters. The van der Waals surface area contributed by atoms with Crippen LogP contribution in [0.2, 0.25) is 0 Å². The van der Waals surface area contributed by atoms with Crippen molar-refractivity contribution in [1.29, 1.82) is 0 Å². The number of ether oxygens (including phenoxy) is 1. The molecule has 0 radical (unpaired) electrons. The molecule has 5 nitrogen and oxygen atoms in total. The van der Waals surface area contributed by atoms with Crippen LogP contribution < -0.4 is 11.3 Å². The molecular formula is C13H22N4O. The number of nitrogens with one attached hydrogen (secondary N) is 1. The van der Waals surface area contributed by atoms with Crippen molar-refractivity contribution in [2.45, 2.75) is 31.9 Å². The molecule has 1 aromatic heterocycles. The fourth-order valence-electron chi connectivity index (χ4n) is 2.29. The van der Waals surface area contributed by atoms with Crippen LogP contribution in [0.5, 0.6) is 0 Å². The summed E-state index contributed by atoms with van der Waals surface area (Å²) in [6.07, 6.45) is 4.02. The van der Waals surface area contributed by atoms with E-state index in [1.165, 1.54) is 19.3 Å². The molecule has 0 saturated carbocycles. The maximum atomic E-state index is 5.74. The van der Waals surface area contributed by atoms with E-state index >= 15 is 0 Å². The molecule has 0 bridgehead atoms. The first kappa shape index (κ1) is 13.3. The number of hydrazine groups is 1. The number of likely N-dealkylation sites (N-methyl/N-ethyl adjacent to an activating group) is 1. The van der Waals surface area contributed by atoms with Gasteiger partial charge in [-0.2, -0.15) is 0 Å². The van der Waals surface area contributed by atoms with Gasteiger partial charge in [0.15, 0.2) is 0 Å². The van der Waals surface area contributed by atoms with Crippen molar-refractivity contribution in [2.24, 2.45) is 5.84 Å². The first-order valence-electron chi connectivity index (χ1n) is 6.50. The zero-order chi connectivity index (χ0) is 12.8. The highest BCUT2D eigenvalue weighted by Crippen LogP contribution is 2.14. The van der Waals surface area contributed by atoms with Gasteiger partial charge in [0.05, 0.1) is 11.8 Å². The second-order valence-electron chi connectivity index (χ2n) is 4.84. The predicted octanol–water partition coefficient (Wildman–Crippen LogP) is 1.37. The van der Waals surface area contributed by atoms with Crippen LogP contribution in [0.1, 0.15) is 25.0 Å². The molecule has 0 spiro atoms. The smallest absolute Gasteiger partial charge is 0.140 e. The number of anilines is 1. The summed E-state index contributed by atoms with van der Waals surface area (Å²) in [6, 6.07) is 5.83. The molecule has 3 N–H and O–H groups in total. The molecule has 2 heterocycles. The number of rotatable bonds is 5. The molecule has 2 rings (SSSR count). The van der Waals surface area contributed by atoms with Gasteiger partial charge in [0.2, 0.25) is 0 Å². The monoisotopic (exact) mass is 250 g/mol. The average molecular weight is 250 g/mol. The van der Waals surface area contributed by atoms with E-state index in [1.807, 2.05) is 18.2 Å². The summed E-state index contributed by atoms with van der Waals surface area (Å²) in [7, 11) is 2.10. The lowest BCUT2D eigenvalue weighted by Crippen LogP contribution is -2.33. The fourth-order valence-corrected chi connectivity index (χ4v) is 2.29. The summed E-state index contributed by atoms with van der Waals surface area (Å²) in [5.41, 5.74) is 3.59. The highest BCUT2D eigenvalue weighted by Gasteiger charge is 2.16. The minimum atomic E-state index is 0.375. The van der Waals surface area contributed by atoms with Crippen LogP contribution in [0, 0.1) is 0 Å². The lowest BCUT2D eigenvalue weighted by Gasteiger charge is -2.27. The van der Waals surface area contributed by atoms with Crippen molar-refractivity contribution in [2.75, 3.05) is 25.6 Å². The minimum absolute atomic E-state index is 0.375. The Morgan fingerprint density at radius 3 is 3.11 bits per heavy atom. The number of pyridine rings is 1. The second-order valence-corrected chi connectivity index (χ2v) is 4.84. The van der Waals surface area contributed by atoms with Gasteiger partial charge in [-0.05, 0) is 38.4 Å². The van der Waals surface area contributed by atoms with Gasteiger partial charge in [0.25, 0.3) is 0 Å². The van der Waals surface area contributed by atoms with E-state index in [4.69, 9.17) is 10.6 Å². The Labute approximate surface area is 108 Å². The van der Waals surface area contributed by atoms with Gasteiger partial charge in [0.1, 0.15) is 5.82 Å². The van der Waals surface area contributed by atoms with Gasteiger partial charge in [-0.25, -0.2) is 10.8 Å². The number of hydrogen-bond acceptors (Lipinski definition) is 5. The van der Waals surface area contributed by atoms with Crippen LogP contribution in [0.25, 0.3) is 0 Å². The first-order chi connectivity index (χ1) is 8.78. The molecule has 18 heavy (non-hydrogen) atoms. The highest BCUT2D eigenvalue weighted by atomic mass is 16.5. The molecule has 0 aromatic carbocycles. The summed E-state index contributed by atoms with van der Waals surface area (Å²) in [5, 5.41) is 0. The third kappa shape index (κ3) is 3.94. The molecule has 1 aromatic rings. The Morgan fingerprint density at radius 1 is 1.50 bits per heavy atom. The standard InChI is InChI=1S/C13H22N4O/c1-17(10-12-6-2-3-8-18-12)9-11-5-4-7-13(15-11)16-14/h4-5,7,12H,2-3,6,8-10,14H2,1H3,(H,15,16). The van der Waals surface area contributed by atoms with Crippen molar-refractivity contribution < 1.29 is 4.74 Å². The molecule has 1 saturated heterocycles. The summed E-state index contributed by atoms with van der Waals surface area (Å²) >= 11 is 0. The number of nitrogens with zero attached hydrogens (tertiary/aromatic N) is 2. The number of nitrogen functional groups attached to an aromatic ring is 1. The topological polar surface area (TPSA) is 63.4 Å². The van der Waals surface area contributed by atoms with E-state index < -0.39 is 0 Å². The Bertz CT molecular complexity index is 366. The van der Waals surface area contributed by atoms with E-state index in [1.54, 1.807) is 0 Å². The number of aromatic nitrogens is 1. The quantitative estimate of drug-likeness (QED) is 0.610. The number of nitrogens with two attached hydrogens (primary N) is 1. The lowest BCUT2D eigenvalue weighted by atomic mass is 10.1. The van der Waals surface area contributed by atoms with Crippen molar-refractivity contribution >= 4 is 5.82 Å². The van der Waals surface area contributed by atoms with Gasteiger partial charge in [-0.1, -0.05) is 6.07 Å². The van der Waals surface area contributed by atoms with Crippen LogP contribution in [0.4, 0.5) is 5.82 Å². The van der Waals surface area contributed by atoms with Gasteiger partial charge in [0, 0.05) is 19.7 Å². The van der Waals surface area contributed by atoms with Crippen LogP contribution in [0.15, 0.2) is 18.2 Å². The second kappa shape index (κ2) is 6.68. The van der Waals surface area contributed by atoms with E-state index in [0.717, 1.165) is 25.4 Å². The van der Waals surface area contributed by atoms with Gasteiger partial charge < -0.3 is 10.2 Å². The fraction of sp³-hybridized carbons (Fsp3) is 0.615. The Balaban J connectivity index is 1.83. The molecule has 1 aliphatic rings. The summed E-state index contributed by atoms with van der Waals surface area (Å²) in [4.78, 5) is 6.65. The lowest BCUT2D eigenvalue weighted by molar-refractivity contribution is -0.00273. The van der Waals surface area contributed by atoms with Crippen LogP contribution >= 0.6 is 0 Å². The number of hydrogen-bond donors (Lipinski definition) is 2. The van der Waals surface area contributed by atoms with Crippen molar-refractivity contribution in [3.63, 3.8) is 0 Å². The zero-order valence-electron chi connectivity index (χ0n) is 10.9. The molecular weight excluding hydrogens is 228 g/mol. The molecule has 0 aliphatic carbocycles. The van der Waals surface area contributed by atoms with Crippen molar-refractivity contribution in [3.8, 4) is 0 Å². The van der Waals surface area contributed by atoms with Gasteiger partial charge >= 0.3 is 0 Å². The molecule has 5 heteroatoms. The van der Waals surface area contributed by atoms with Crippen LogP contribution in [0.3, 0.4) is 0 Å². The van der Waals surface area contributed by atoms with Crippen LogP contribution in [-0.4, -0.2) is 36.2 Å². The summed E-state index contributed by atoms with van der Waals surface area (Å²) in [5.74, 6) is 6.06. The van der Waals surface area contributed by atoms with Crippen molar-refractivity contribution in [1.82, 2.24) is 9.88 Å². The predicted molar refractivity (Wildman–Crippen MR) is 72.0 cm³/mol. The highest BCUT2D eigenvalue weighted by molar-refractivity contribution is 5.33. The third-order valence-corrected chi connectivity index (χ3v) is 3.18. The largest absolute Gasteiger partial charge is 0.377 e. The third-order valence-electron chi connectivity index (χ3n) is 3.18. The summed E-state index contributed by atoms with van der Waals surface area (Å²) in [6.45, 7) is 2.68. The Hall–Kier alpha value is -1.17. The van der Waals surface area contributed by atoms with E-state index in [2.05, 4.69) is 22.4 Å². The Kier molecular flexibility index (Phi) is 4.92. The molecule has 1 fully saturated rings. The molecule has 100 valence electrons. The van der Waals surface area contributed by atoms with Crippen LogP contribution in [-0.2, 0) is 11.3 Å². The molecule has 1 aliphatic heterocycles. The summed E-state index contributed by atoms with van der Waals surface area (Å²) < 4.78 is 5.74. The van der Waals surface area contributed by atoms with E-state index in [9.17, 15) is 0 Å².